The number of aromatic nitrogens is 2. The molecule has 2 aromatic rings. The summed E-state index contributed by atoms with van der Waals surface area (Å²) < 4.78 is 20.5. The van der Waals surface area contributed by atoms with Crippen LogP contribution in [0.4, 0.5) is 4.39 Å². The number of likely N-dealkylation sites (tertiary alicyclic amines) is 1. The molecule has 1 aromatic heterocycles. The molecule has 2 heterocycles. The van der Waals surface area contributed by atoms with Gasteiger partial charge in [-0.1, -0.05) is 0 Å². The predicted molar refractivity (Wildman–Crippen MR) is 127 cm³/mol. The number of nitrogens with zero attached hydrogens (tertiary/aromatic N) is 4. The average molecular weight is 445 g/mol. The fourth-order valence-electron chi connectivity index (χ4n) is 3.75. The lowest BCUT2D eigenvalue weighted by Gasteiger charge is -2.33. The van der Waals surface area contributed by atoms with Gasteiger partial charge in [0.15, 0.2) is 5.96 Å². The van der Waals surface area contributed by atoms with Crippen molar-refractivity contribution in [3.8, 4) is 5.69 Å². The van der Waals surface area contributed by atoms with Gasteiger partial charge in [0.25, 0.3) is 0 Å². The van der Waals surface area contributed by atoms with E-state index in [0.29, 0.717) is 18.7 Å². The SMILES string of the molecule is CCNC(=NCCc1ccn(-c2ccc(F)cc2)n1)NC1CCN(CCOC(C)C)CC1. The summed E-state index contributed by atoms with van der Waals surface area (Å²) in [6.07, 6.45) is 5.15. The van der Waals surface area contributed by atoms with Crippen molar-refractivity contribution in [2.45, 2.75) is 52.2 Å². The van der Waals surface area contributed by atoms with E-state index < -0.39 is 0 Å². The first-order valence-electron chi connectivity index (χ1n) is 11.7. The highest BCUT2D eigenvalue weighted by Crippen LogP contribution is 2.11. The number of halogens is 1. The van der Waals surface area contributed by atoms with Crippen LogP contribution in [0.25, 0.3) is 5.69 Å². The van der Waals surface area contributed by atoms with Gasteiger partial charge in [-0.05, 0) is 63.9 Å². The first-order valence-corrected chi connectivity index (χ1v) is 11.7. The van der Waals surface area contributed by atoms with Crippen LogP contribution in [0.15, 0.2) is 41.5 Å². The van der Waals surface area contributed by atoms with Crippen LogP contribution in [0, 0.1) is 5.82 Å². The van der Waals surface area contributed by atoms with Crippen LogP contribution in [0.3, 0.4) is 0 Å². The third-order valence-electron chi connectivity index (χ3n) is 5.50. The van der Waals surface area contributed by atoms with Crippen LogP contribution in [0.1, 0.15) is 39.3 Å². The summed E-state index contributed by atoms with van der Waals surface area (Å²) in [6.45, 7) is 11.7. The zero-order valence-corrected chi connectivity index (χ0v) is 19.6. The van der Waals surface area contributed by atoms with E-state index in [4.69, 9.17) is 9.73 Å². The largest absolute Gasteiger partial charge is 0.377 e. The summed E-state index contributed by atoms with van der Waals surface area (Å²) >= 11 is 0. The number of nitrogens with one attached hydrogen (secondary N) is 2. The molecule has 32 heavy (non-hydrogen) atoms. The second kappa shape index (κ2) is 12.6. The van der Waals surface area contributed by atoms with Gasteiger partial charge in [0.2, 0.25) is 0 Å². The molecule has 0 unspecified atom stereocenters. The first kappa shape index (κ1) is 24.2. The first-order chi connectivity index (χ1) is 15.5. The smallest absolute Gasteiger partial charge is 0.191 e. The van der Waals surface area contributed by atoms with Gasteiger partial charge in [0.1, 0.15) is 5.82 Å². The zero-order valence-electron chi connectivity index (χ0n) is 19.6. The van der Waals surface area contributed by atoms with Crippen LogP contribution < -0.4 is 10.6 Å². The zero-order chi connectivity index (χ0) is 22.8. The number of aliphatic imine (C=N–C) groups is 1. The average Bonchev–Trinajstić information content (AvgIpc) is 3.24. The highest BCUT2D eigenvalue weighted by atomic mass is 19.1. The summed E-state index contributed by atoms with van der Waals surface area (Å²) in [4.78, 5) is 7.22. The van der Waals surface area contributed by atoms with Gasteiger partial charge in [-0.3, -0.25) is 4.99 Å². The topological polar surface area (TPSA) is 66.7 Å². The molecule has 1 aliphatic rings. The lowest BCUT2D eigenvalue weighted by atomic mass is 10.1. The maximum atomic E-state index is 13.1. The fourth-order valence-corrected chi connectivity index (χ4v) is 3.75. The Kier molecular flexibility index (Phi) is 9.49. The van der Waals surface area contributed by atoms with Crippen LogP contribution in [-0.2, 0) is 11.2 Å². The van der Waals surface area contributed by atoms with E-state index in [-0.39, 0.29) is 5.82 Å². The monoisotopic (exact) mass is 444 g/mol. The molecule has 0 saturated carbocycles. The molecule has 0 atom stereocenters. The number of rotatable bonds is 10. The molecule has 7 nitrogen and oxygen atoms in total. The van der Waals surface area contributed by atoms with E-state index in [0.717, 1.165) is 69.4 Å². The standard InChI is InChI=1S/C24H37FN6O/c1-4-26-24(28-21-10-14-30(15-11-21)17-18-32-19(2)3)27-13-9-22-12-16-31(29-22)23-7-5-20(25)6-8-23/h5-8,12,16,19,21H,4,9-11,13-15,17-18H2,1-3H3,(H2,26,27,28). The Morgan fingerprint density at radius 3 is 2.66 bits per heavy atom. The quantitative estimate of drug-likeness (QED) is 0.436. The lowest BCUT2D eigenvalue weighted by Crippen LogP contribution is -2.49. The highest BCUT2D eigenvalue weighted by molar-refractivity contribution is 5.80. The molecule has 0 aliphatic carbocycles. The van der Waals surface area contributed by atoms with Gasteiger partial charge in [-0.15, -0.1) is 0 Å². The Balaban J connectivity index is 1.44. The molecule has 8 heteroatoms. The molecular weight excluding hydrogens is 407 g/mol. The van der Waals surface area contributed by atoms with Crippen molar-refractivity contribution in [3.63, 3.8) is 0 Å². The number of hydrogen-bond donors (Lipinski definition) is 2. The second-order valence-corrected chi connectivity index (χ2v) is 8.42. The van der Waals surface area contributed by atoms with Gasteiger partial charge < -0.3 is 20.3 Å². The molecule has 0 amide bonds. The third kappa shape index (κ3) is 7.91. The molecule has 1 aliphatic heterocycles. The van der Waals surface area contributed by atoms with Crippen molar-refractivity contribution < 1.29 is 9.13 Å². The molecule has 0 radical (unpaired) electrons. The summed E-state index contributed by atoms with van der Waals surface area (Å²) in [7, 11) is 0. The fraction of sp³-hybridized carbons (Fsp3) is 0.583. The van der Waals surface area contributed by atoms with Gasteiger partial charge in [0.05, 0.1) is 24.1 Å². The van der Waals surface area contributed by atoms with Crippen molar-refractivity contribution >= 4 is 5.96 Å². The van der Waals surface area contributed by atoms with E-state index >= 15 is 0 Å². The summed E-state index contributed by atoms with van der Waals surface area (Å²) in [6, 6.07) is 8.75. The molecule has 0 spiro atoms. The van der Waals surface area contributed by atoms with Crippen molar-refractivity contribution in [3.05, 3.63) is 48.0 Å². The normalized spacial score (nSPS) is 16.0. The van der Waals surface area contributed by atoms with Gasteiger partial charge in [-0.2, -0.15) is 5.10 Å². The van der Waals surface area contributed by atoms with Gasteiger partial charge >= 0.3 is 0 Å². The van der Waals surface area contributed by atoms with Crippen LogP contribution >= 0.6 is 0 Å². The van der Waals surface area contributed by atoms with Crippen molar-refractivity contribution in [1.29, 1.82) is 0 Å². The minimum absolute atomic E-state index is 0.246. The molecule has 1 aromatic carbocycles. The minimum atomic E-state index is -0.246. The Morgan fingerprint density at radius 2 is 1.97 bits per heavy atom. The van der Waals surface area contributed by atoms with E-state index in [1.165, 1.54) is 12.1 Å². The van der Waals surface area contributed by atoms with Crippen LogP contribution in [0.5, 0.6) is 0 Å². The van der Waals surface area contributed by atoms with E-state index in [1.807, 2.05) is 12.3 Å². The second-order valence-electron chi connectivity index (χ2n) is 8.42. The molecule has 3 rings (SSSR count). The molecule has 1 saturated heterocycles. The molecule has 176 valence electrons. The summed E-state index contributed by atoms with van der Waals surface area (Å²) in [5, 5.41) is 11.5. The Labute approximate surface area is 191 Å². The van der Waals surface area contributed by atoms with Gasteiger partial charge in [-0.25, -0.2) is 9.07 Å². The van der Waals surface area contributed by atoms with Crippen molar-refractivity contribution in [1.82, 2.24) is 25.3 Å². The van der Waals surface area contributed by atoms with E-state index in [1.54, 1.807) is 16.8 Å². The maximum absolute atomic E-state index is 13.1. The van der Waals surface area contributed by atoms with Crippen molar-refractivity contribution in [2.24, 2.45) is 4.99 Å². The number of guanidine groups is 1. The summed E-state index contributed by atoms with van der Waals surface area (Å²) in [5.41, 5.74) is 1.81. The van der Waals surface area contributed by atoms with E-state index in [9.17, 15) is 4.39 Å². The molecular formula is C24H37FN6O. The van der Waals surface area contributed by atoms with Crippen LogP contribution in [-0.4, -0.2) is 72.1 Å². The molecule has 2 N–H and O–H groups in total. The Morgan fingerprint density at radius 1 is 1.22 bits per heavy atom. The Hall–Kier alpha value is -2.45. The van der Waals surface area contributed by atoms with E-state index in [2.05, 4.69) is 41.4 Å². The maximum Gasteiger partial charge on any atom is 0.191 e. The minimum Gasteiger partial charge on any atom is -0.377 e. The molecule has 0 bridgehead atoms. The van der Waals surface area contributed by atoms with Crippen molar-refractivity contribution in [2.75, 3.05) is 39.3 Å². The lowest BCUT2D eigenvalue weighted by molar-refractivity contribution is 0.0532. The highest BCUT2D eigenvalue weighted by Gasteiger charge is 2.19. The summed E-state index contributed by atoms with van der Waals surface area (Å²) in [5.74, 6) is 0.622. The number of hydrogen-bond acceptors (Lipinski definition) is 4. The predicted octanol–water partition coefficient (Wildman–Crippen LogP) is 3.00. The molecule has 1 fully saturated rings. The van der Waals surface area contributed by atoms with Crippen LogP contribution in [0.2, 0.25) is 0 Å². The van der Waals surface area contributed by atoms with Gasteiger partial charge in [0, 0.05) is 51.4 Å². The number of piperidine rings is 1. The Bertz CT molecular complexity index is 827. The third-order valence-corrected chi connectivity index (χ3v) is 5.50. The number of benzene rings is 1. The number of ether oxygens (including phenoxy) is 1.